The molecule has 2 heterocycles. The van der Waals surface area contributed by atoms with Crippen LogP contribution in [-0.2, 0) is 11.2 Å². The highest BCUT2D eigenvalue weighted by Crippen LogP contribution is 2.34. The molecule has 0 spiro atoms. The Morgan fingerprint density at radius 1 is 1.03 bits per heavy atom. The lowest BCUT2D eigenvalue weighted by atomic mass is 9.80. The van der Waals surface area contributed by atoms with E-state index in [1.165, 1.54) is 23.7 Å². The van der Waals surface area contributed by atoms with E-state index in [0.717, 1.165) is 70.4 Å². The third kappa shape index (κ3) is 4.78. The Bertz CT molecular complexity index is 999. The number of hydrogen-bond acceptors (Lipinski definition) is 5. The van der Waals surface area contributed by atoms with E-state index in [0.29, 0.717) is 11.5 Å². The van der Waals surface area contributed by atoms with Crippen LogP contribution in [0.5, 0.6) is 5.75 Å². The number of ether oxygens (including phenoxy) is 1. The van der Waals surface area contributed by atoms with Crippen LogP contribution in [0.2, 0.25) is 0 Å². The molecule has 5 rings (SSSR count). The van der Waals surface area contributed by atoms with Crippen molar-refractivity contribution in [3.8, 4) is 5.75 Å². The Kier molecular flexibility index (Phi) is 7.05. The monoisotopic (exact) mass is 465 g/mol. The molecule has 34 heavy (non-hydrogen) atoms. The van der Waals surface area contributed by atoms with E-state index in [4.69, 9.17) is 4.74 Å². The second-order valence-corrected chi connectivity index (χ2v) is 9.97. The molecular weight excluding hydrogens is 429 g/mol. The molecule has 0 radical (unpaired) electrons. The molecule has 1 saturated carbocycles. The van der Waals surface area contributed by atoms with Crippen molar-refractivity contribution in [3.05, 3.63) is 53.8 Å². The quantitative estimate of drug-likeness (QED) is 0.657. The summed E-state index contributed by atoms with van der Waals surface area (Å²) in [6.45, 7) is 3.06. The Morgan fingerprint density at radius 3 is 2.56 bits per heavy atom. The van der Waals surface area contributed by atoms with E-state index in [-0.39, 0.29) is 23.8 Å². The summed E-state index contributed by atoms with van der Waals surface area (Å²) < 4.78 is 19.5. The third-order valence-electron chi connectivity index (χ3n) is 7.95. The Hall–Kier alpha value is -2.60. The number of carbonyl (C=O) groups is 1. The van der Waals surface area contributed by atoms with E-state index >= 15 is 0 Å². The third-order valence-corrected chi connectivity index (χ3v) is 7.95. The van der Waals surface area contributed by atoms with Crippen molar-refractivity contribution in [1.82, 2.24) is 4.90 Å². The highest BCUT2D eigenvalue weighted by molar-refractivity contribution is 5.88. The van der Waals surface area contributed by atoms with Crippen LogP contribution < -0.4 is 15.0 Å². The average Bonchev–Trinajstić information content (AvgIpc) is 2.89. The first-order valence-electron chi connectivity index (χ1n) is 12.8. The van der Waals surface area contributed by atoms with Gasteiger partial charge in [-0.05, 0) is 49.4 Å². The molecule has 2 aromatic carbocycles. The number of piperazine rings is 1. The number of fused-ring (bicyclic) bond motifs is 1. The number of anilines is 2. The number of rotatable bonds is 6. The molecule has 2 aromatic rings. The molecule has 2 unspecified atom stereocenters. The molecule has 1 aliphatic carbocycles. The molecule has 3 aliphatic rings. The summed E-state index contributed by atoms with van der Waals surface area (Å²) in [4.78, 5) is 18.5. The minimum Gasteiger partial charge on any atom is -0.495 e. The Labute approximate surface area is 202 Å². The first-order valence-corrected chi connectivity index (χ1v) is 12.8. The molecule has 1 N–H and O–H groups in total. The van der Waals surface area contributed by atoms with Crippen LogP contribution in [0.1, 0.15) is 44.1 Å². The fourth-order valence-corrected chi connectivity index (χ4v) is 6.11. The number of aryl methyl sites for hydroxylation is 1. The predicted octanol–water partition coefficient (Wildman–Crippen LogP) is 4.90. The molecule has 2 atom stereocenters. The lowest BCUT2D eigenvalue weighted by Crippen LogP contribution is -2.60. The van der Waals surface area contributed by atoms with Gasteiger partial charge in [0.25, 0.3) is 0 Å². The number of nitrogens with zero attached hydrogens (tertiary/aromatic N) is 2. The average molecular weight is 466 g/mol. The summed E-state index contributed by atoms with van der Waals surface area (Å²) in [5.41, 5.74) is 3.30. The normalized spacial score (nSPS) is 22.5. The van der Waals surface area contributed by atoms with Crippen LogP contribution in [0, 0.1) is 11.7 Å². The number of benzene rings is 2. The zero-order chi connectivity index (χ0) is 23.5. The van der Waals surface area contributed by atoms with Gasteiger partial charge in [-0.2, -0.15) is 0 Å². The number of halogens is 1. The number of hydrogen-bond donors (Lipinski definition) is 1. The van der Waals surface area contributed by atoms with Gasteiger partial charge in [0, 0.05) is 49.9 Å². The molecule has 2 aliphatic heterocycles. The van der Waals surface area contributed by atoms with Gasteiger partial charge in [0.1, 0.15) is 11.6 Å². The number of para-hydroxylation sites is 1. The molecule has 0 amide bonds. The molecule has 1 saturated heterocycles. The smallest absolute Gasteiger partial charge is 0.155 e. The van der Waals surface area contributed by atoms with Crippen molar-refractivity contribution in [1.29, 1.82) is 0 Å². The lowest BCUT2D eigenvalue weighted by molar-refractivity contribution is -0.130. The highest BCUT2D eigenvalue weighted by atomic mass is 19.1. The summed E-state index contributed by atoms with van der Waals surface area (Å²) in [5.74, 6) is 1.04. The second-order valence-electron chi connectivity index (χ2n) is 9.97. The van der Waals surface area contributed by atoms with Crippen molar-refractivity contribution in [2.75, 3.05) is 43.5 Å². The maximum atomic E-state index is 14.0. The van der Waals surface area contributed by atoms with Gasteiger partial charge in [0.15, 0.2) is 5.78 Å². The van der Waals surface area contributed by atoms with Crippen LogP contribution in [0.15, 0.2) is 42.5 Å². The van der Waals surface area contributed by atoms with Crippen LogP contribution in [0.4, 0.5) is 15.8 Å². The SMILES string of the molecule is COc1ccc(F)cc1N1CCN(C(C(=O)C2CCCCC2)C2CCc3ccccc3N2)CC1. The lowest BCUT2D eigenvalue weighted by Gasteiger charge is -2.45. The number of ketones is 1. The van der Waals surface area contributed by atoms with E-state index in [1.54, 1.807) is 19.2 Å². The molecule has 0 bridgehead atoms. The fraction of sp³-hybridized carbons (Fsp3) is 0.536. The topological polar surface area (TPSA) is 44.8 Å². The molecule has 5 nitrogen and oxygen atoms in total. The first kappa shape index (κ1) is 23.2. The fourth-order valence-electron chi connectivity index (χ4n) is 6.11. The first-order chi connectivity index (χ1) is 16.6. The van der Waals surface area contributed by atoms with E-state index < -0.39 is 0 Å². The predicted molar refractivity (Wildman–Crippen MR) is 134 cm³/mol. The van der Waals surface area contributed by atoms with Gasteiger partial charge in [0.05, 0.1) is 18.8 Å². The van der Waals surface area contributed by atoms with Gasteiger partial charge in [-0.25, -0.2) is 4.39 Å². The Morgan fingerprint density at radius 2 is 1.79 bits per heavy atom. The standard InChI is InChI=1S/C28H36FN3O2/c1-34-26-14-12-22(29)19-25(26)31-15-17-32(18-16-31)27(28(33)21-8-3-2-4-9-21)24-13-11-20-7-5-6-10-23(20)30-24/h5-7,10,12,14,19,21,24,27,30H,2-4,8-9,11,13,15-18H2,1H3. The van der Waals surface area contributed by atoms with Gasteiger partial charge in [-0.1, -0.05) is 37.5 Å². The number of methoxy groups -OCH3 is 1. The Balaban J connectivity index is 1.35. The highest BCUT2D eigenvalue weighted by Gasteiger charge is 2.40. The number of Topliss-reactive ketones (excluding diaryl/α,β-unsaturated/α-hetero) is 1. The number of carbonyl (C=O) groups excluding carboxylic acids is 1. The van der Waals surface area contributed by atoms with E-state index in [1.807, 2.05) is 0 Å². The van der Waals surface area contributed by atoms with Gasteiger partial charge in [-0.3, -0.25) is 9.69 Å². The van der Waals surface area contributed by atoms with Crippen LogP contribution in [0.25, 0.3) is 0 Å². The maximum Gasteiger partial charge on any atom is 0.155 e. The number of nitrogens with one attached hydrogen (secondary N) is 1. The van der Waals surface area contributed by atoms with Gasteiger partial charge >= 0.3 is 0 Å². The van der Waals surface area contributed by atoms with Crippen molar-refractivity contribution in [2.24, 2.45) is 5.92 Å². The van der Waals surface area contributed by atoms with E-state index in [9.17, 15) is 9.18 Å². The summed E-state index contributed by atoms with van der Waals surface area (Å²) in [7, 11) is 1.62. The minimum absolute atomic E-state index is 0.118. The van der Waals surface area contributed by atoms with Crippen molar-refractivity contribution < 1.29 is 13.9 Å². The van der Waals surface area contributed by atoms with Gasteiger partial charge in [0.2, 0.25) is 0 Å². The summed E-state index contributed by atoms with van der Waals surface area (Å²) in [6.07, 6.45) is 7.60. The van der Waals surface area contributed by atoms with Crippen LogP contribution in [-0.4, -0.2) is 56.1 Å². The molecule has 2 fully saturated rings. The molecule has 182 valence electrons. The summed E-state index contributed by atoms with van der Waals surface area (Å²) >= 11 is 0. The van der Waals surface area contributed by atoms with Crippen molar-refractivity contribution >= 4 is 17.2 Å². The molecule has 0 aromatic heterocycles. The summed E-state index contributed by atoms with van der Waals surface area (Å²) in [5, 5.41) is 3.74. The van der Waals surface area contributed by atoms with Crippen molar-refractivity contribution in [2.45, 2.75) is 57.0 Å². The molecular formula is C28H36FN3O2. The van der Waals surface area contributed by atoms with Gasteiger partial charge < -0.3 is 15.0 Å². The second kappa shape index (κ2) is 10.3. The molecule has 6 heteroatoms. The van der Waals surface area contributed by atoms with Gasteiger partial charge in [-0.15, -0.1) is 0 Å². The van der Waals surface area contributed by atoms with E-state index in [2.05, 4.69) is 39.4 Å². The maximum absolute atomic E-state index is 14.0. The largest absolute Gasteiger partial charge is 0.495 e. The zero-order valence-corrected chi connectivity index (χ0v) is 20.1. The zero-order valence-electron chi connectivity index (χ0n) is 20.1. The minimum atomic E-state index is -0.256. The van der Waals surface area contributed by atoms with Crippen LogP contribution >= 0.6 is 0 Å². The van der Waals surface area contributed by atoms with Crippen molar-refractivity contribution in [3.63, 3.8) is 0 Å². The summed E-state index contributed by atoms with van der Waals surface area (Å²) in [6, 6.07) is 13.2. The van der Waals surface area contributed by atoms with Crippen LogP contribution in [0.3, 0.4) is 0 Å².